The first kappa shape index (κ1) is 11.8. The van der Waals surface area contributed by atoms with Crippen molar-refractivity contribution in [3.05, 3.63) is 64.4 Å². The van der Waals surface area contributed by atoms with Gasteiger partial charge in [0.2, 0.25) is 0 Å². The molecule has 3 aromatic rings. The van der Waals surface area contributed by atoms with Crippen molar-refractivity contribution >= 4 is 27.8 Å². The van der Waals surface area contributed by atoms with Crippen molar-refractivity contribution in [3.8, 4) is 0 Å². The fraction of sp³-hybridized carbons (Fsp3) is 0.222. The Balaban J connectivity index is 1.73. The second-order valence-corrected chi connectivity index (χ2v) is 6.80. The average molecular weight is 293 g/mol. The minimum atomic E-state index is 0.325. The van der Waals surface area contributed by atoms with E-state index in [0.29, 0.717) is 12.1 Å². The van der Waals surface area contributed by atoms with Crippen molar-refractivity contribution in [3.63, 3.8) is 0 Å². The Morgan fingerprint density at radius 3 is 2.90 bits per heavy atom. The summed E-state index contributed by atoms with van der Waals surface area (Å²) in [7, 11) is 0. The lowest BCUT2D eigenvalue weighted by atomic mass is 9.99. The molecule has 2 bridgehead atoms. The van der Waals surface area contributed by atoms with E-state index in [9.17, 15) is 0 Å². The summed E-state index contributed by atoms with van der Waals surface area (Å²) in [6.07, 6.45) is 2.44. The highest BCUT2D eigenvalue weighted by Crippen LogP contribution is 2.48. The smallest absolute Gasteiger partial charge is 0.0933 e. The Kier molecular flexibility index (Phi) is 2.43. The highest BCUT2D eigenvalue weighted by molar-refractivity contribution is 7.10. The molecule has 1 fully saturated rings. The number of anilines is 1. The van der Waals surface area contributed by atoms with Crippen LogP contribution < -0.4 is 5.06 Å². The van der Waals surface area contributed by atoms with Crippen molar-refractivity contribution in [1.29, 1.82) is 0 Å². The third-order valence-corrected chi connectivity index (χ3v) is 5.53. The first-order chi connectivity index (χ1) is 10.4. The normalized spacial score (nSPS) is 23.5. The quantitative estimate of drug-likeness (QED) is 0.644. The van der Waals surface area contributed by atoms with Gasteiger partial charge in [-0.05, 0) is 22.4 Å². The van der Waals surface area contributed by atoms with Gasteiger partial charge < -0.3 is 0 Å². The van der Waals surface area contributed by atoms with Crippen molar-refractivity contribution in [2.75, 3.05) is 5.06 Å². The molecule has 0 amide bonds. The fourth-order valence-corrected chi connectivity index (χ4v) is 4.45. The van der Waals surface area contributed by atoms with Gasteiger partial charge >= 0.3 is 0 Å². The number of hydrogen-bond acceptors (Lipinski definition) is 3. The van der Waals surface area contributed by atoms with Gasteiger partial charge in [-0.15, -0.1) is 11.3 Å². The zero-order chi connectivity index (χ0) is 13.8. The van der Waals surface area contributed by atoms with Gasteiger partial charge in [0.05, 0.1) is 17.8 Å². The Morgan fingerprint density at radius 2 is 2.00 bits per heavy atom. The van der Waals surface area contributed by atoms with Crippen LogP contribution in [0.1, 0.15) is 22.9 Å². The molecule has 0 spiro atoms. The molecule has 3 heterocycles. The summed E-state index contributed by atoms with van der Waals surface area (Å²) in [5, 5.41) is 6.92. The molecular formula is C18H15NOS. The van der Waals surface area contributed by atoms with Crippen LogP contribution in [0.2, 0.25) is 0 Å². The molecule has 21 heavy (non-hydrogen) atoms. The molecule has 2 atom stereocenters. The van der Waals surface area contributed by atoms with E-state index in [-0.39, 0.29) is 0 Å². The largest absolute Gasteiger partial charge is 0.269 e. The predicted molar refractivity (Wildman–Crippen MR) is 86.7 cm³/mol. The van der Waals surface area contributed by atoms with Crippen molar-refractivity contribution < 1.29 is 4.84 Å². The molecule has 0 unspecified atom stereocenters. The summed E-state index contributed by atoms with van der Waals surface area (Å²) >= 11 is 1.83. The zero-order valence-electron chi connectivity index (χ0n) is 11.5. The number of thiophene rings is 1. The van der Waals surface area contributed by atoms with Gasteiger partial charge in [0.25, 0.3) is 0 Å². The van der Waals surface area contributed by atoms with E-state index >= 15 is 0 Å². The Hall–Kier alpha value is -1.84. The standard InChI is InChI=1S/C18H15NOS/c1-2-5-15-12(4-1)7-8-13-10-14-11-16(17-6-3-9-21-17)19(20-14)18(13)15/h1-9,14,16H,10-11H2/t14-,16-/m0/s1. The molecule has 2 nitrogen and oxygen atoms in total. The van der Waals surface area contributed by atoms with E-state index in [1.807, 2.05) is 11.3 Å². The SMILES string of the molecule is c1csc([C@@H]2C[C@@H]3Cc4ccc5ccccc5c4N2O3)c1. The average Bonchev–Trinajstić information content (AvgIpc) is 3.15. The number of hydroxylamine groups is 1. The van der Waals surface area contributed by atoms with Gasteiger partial charge in [-0.1, -0.05) is 42.5 Å². The van der Waals surface area contributed by atoms with E-state index in [0.717, 1.165) is 12.8 Å². The van der Waals surface area contributed by atoms with Crippen molar-refractivity contribution in [1.82, 2.24) is 0 Å². The maximum Gasteiger partial charge on any atom is 0.0933 e. The Bertz CT molecular complexity index is 811. The van der Waals surface area contributed by atoms with Crippen LogP contribution in [-0.2, 0) is 11.3 Å². The van der Waals surface area contributed by atoms with Gasteiger partial charge in [0.15, 0.2) is 0 Å². The van der Waals surface area contributed by atoms with E-state index in [1.165, 1.54) is 26.9 Å². The number of rotatable bonds is 1. The van der Waals surface area contributed by atoms with E-state index in [2.05, 4.69) is 59.0 Å². The van der Waals surface area contributed by atoms with Crippen LogP contribution in [0.5, 0.6) is 0 Å². The van der Waals surface area contributed by atoms with Gasteiger partial charge in [-0.3, -0.25) is 4.84 Å². The number of hydrogen-bond donors (Lipinski definition) is 0. The minimum absolute atomic E-state index is 0.325. The summed E-state index contributed by atoms with van der Waals surface area (Å²) < 4.78 is 0. The van der Waals surface area contributed by atoms with Gasteiger partial charge in [-0.25, -0.2) is 5.06 Å². The molecule has 2 aliphatic rings. The summed E-state index contributed by atoms with van der Waals surface area (Å²) in [5.74, 6) is 0. The lowest BCUT2D eigenvalue weighted by molar-refractivity contribution is 0.0742. The number of fused-ring (bicyclic) bond motifs is 6. The second kappa shape index (κ2) is 4.33. The van der Waals surface area contributed by atoms with E-state index < -0.39 is 0 Å². The molecule has 1 aromatic heterocycles. The maximum absolute atomic E-state index is 6.21. The van der Waals surface area contributed by atoms with Crippen LogP contribution in [0.15, 0.2) is 53.9 Å². The molecule has 2 aromatic carbocycles. The number of nitrogens with zero attached hydrogens (tertiary/aromatic N) is 1. The first-order valence-corrected chi connectivity index (χ1v) is 8.28. The molecule has 3 heteroatoms. The Labute approximate surface area is 127 Å². The third kappa shape index (κ3) is 1.68. The van der Waals surface area contributed by atoms with Gasteiger partial charge in [-0.2, -0.15) is 0 Å². The van der Waals surface area contributed by atoms with Crippen LogP contribution in [0.3, 0.4) is 0 Å². The zero-order valence-corrected chi connectivity index (χ0v) is 12.3. The number of benzene rings is 2. The molecule has 1 saturated heterocycles. The van der Waals surface area contributed by atoms with Crippen LogP contribution in [0.4, 0.5) is 5.69 Å². The molecule has 104 valence electrons. The van der Waals surface area contributed by atoms with Gasteiger partial charge in [0, 0.05) is 23.1 Å². The fourth-order valence-electron chi connectivity index (χ4n) is 3.63. The molecule has 2 aliphatic heterocycles. The summed E-state index contributed by atoms with van der Waals surface area (Å²) in [6.45, 7) is 0. The van der Waals surface area contributed by atoms with E-state index in [4.69, 9.17) is 4.84 Å². The molecule has 0 N–H and O–H groups in total. The van der Waals surface area contributed by atoms with Crippen molar-refractivity contribution in [2.24, 2.45) is 0 Å². The molecular weight excluding hydrogens is 278 g/mol. The van der Waals surface area contributed by atoms with Crippen molar-refractivity contribution in [2.45, 2.75) is 25.0 Å². The summed E-state index contributed by atoms with van der Waals surface area (Å²) in [4.78, 5) is 7.61. The molecule has 0 radical (unpaired) electrons. The topological polar surface area (TPSA) is 12.5 Å². The van der Waals surface area contributed by atoms with Crippen LogP contribution in [0, 0.1) is 0 Å². The molecule has 5 rings (SSSR count). The highest BCUT2D eigenvalue weighted by atomic mass is 32.1. The van der Waals surface area contributed by atoms with Crippen LogP contribution in [-0.4, -0.2) is 6.10 Å². The molecule has 0 saturated carbocycles. The van der Waals surface area contributed by atoms with Crippen LogP contribution >= 0.6 is 11.3 Å². The van der Waals surface area contributed by atoms with Crippen LogP contribution in [0.25, 0.3) is 10.8 Å². The van der Waals surface area contributed by atoms with Gasteiger partial charge in [0.1, 0.15) is 0 Å². The summed E-state index contributed by atoms with van der Waals surface area (Å²) in [6, 6.07) is 17.8. The second-order valence-electron chi connectivity index (χ2n) is 5.82. The lowest BCUT2D eigenvalue weighted by Gasteiger charge is -2.31. The summed E-state index contributed by atoms with van der Waals surface area (Å²) in [5.41, 5.74) is 2.70. The Morgan fingerprint density at radius 1 is 1.05 bits per heavy atom. The maximum atomic E-state index is 6.21. The molecule has 0 aliphatic carbocycles. The monoisotopic (exact) mass is 293 g/mol. The first-order valence-electron chi connectivity index (χ1n) is 7.40. The highest BCUT2D eigenvalue weighted by Gasteiger charge is 2.41. The lowest BCUT2D eigenvalue weighted by Crippen LogP contribution is -2.27. The van der Waals surface area contributed by atoms with E-state index in [1.54, 1.807) is 0 Å². The minimum Gasteiger partial charge on any atom is -0.269 e. The predicted octanol–water partition coefficient (Wildman–Crippen LogP) is 4.71. The third-order valence-electron chi connectivity index (χ3n) is 4.56.